The van der Waals surface area contributed by atoms with E-state index in [2.05, 4.69) is 0 Å². The zero-order valence-electron chi connectivity index (χ0n) is 16.9. The molecule has 1 aliphatic carbocycles. The Morgan fingerprint density at radius 3 is 2.34 bits per heavy atom. The van der Waals surface area contributed by atoms with E-state index < -0.39 is 15.7 Å². The molecule has 29 heavy (non-hydrogen) atoms. The number of halogens is 1. The number of ketones is 1. The number of ether oxygens (including phenoxy) is 1. The minimum Gasteiger partial charge on any atom is -0.494 e. The van der Waals surface area contributed by atoms with Gasteiger partial charge in [-0.1, -0.05) is 12.1 Å². The molecule has 0 spiro atoms. The summed E-state index contributed by atoms with van der Waals surface area (Å²) >= 11 is 0. The summed E-state index contributed by atoms with van der Waals surface area (Å²) in [5.41, 5.74) is 5.23. The van der Waals surface area contributed by atoms with Crippen LogP contribution in [-0.4, -0.2) is 27.6 Å². The molecule has 0 unspecified atom stereocenters. The molecule has 0 amide bonds. The number of methoxy groups -OCH3 is 1. The maximum atomic E-state index is 14.4. The molecular formula is C23H23FO4S. The van der Waals surface area contributed by atoms with Crippen LogP contribution in [0.25, 0.3) is 17.2 Å². The Balaban J connectivity index is 2.12. The highest BCUT2D eigenvalue weighted by Gasteiger charge is 2.26. The van der Waals surface area contributed by atoms with Gasteiger partial charge in [-0.2, -0.15) is 0 Å². The van der Waals surface area contributed by atoms with Crippen molar-refractivity contribution < 1.29 is 22.3 Å². The van der Waals surface area contributed by atoms with Crippen LogP contribution in [0.4, 0.5) is 4.39 Å². The van der Waals surface area contributed by atoms with E-state index in [1.807, 2.05) is 13.0 Å². The minimum atomic E-state index is -3.27. The van der Waals surface area contributed by atoms with Crippen LogP contribution in [0.1, 0.15) is 43.4 Å². The van der Waals surface area contributed by atoms with E-state index >= 15 is 0 Å². The number of carbonyl (C=O) groups is 1. The SMILES string of the molecule is COc1cc2c(cc1F)C(=Cc1ccc(S(C)(=O)=O)cc1)C(C)=C2CCC(C)=O. The maximum absolute atomic E-state index is 14.4. The highest BCUT2D eigenvalue weighted by Crippen LogP contribution is 2.46. The van der Waals surface area contributed by atoms with E-state index in [1.165, 1.54) is 13.2 Å². The molecule has 3 rings (SSSR count). The van der Waals surface area contributed by atoms with Gasteiger partial charge in [0.25, 0.3) is 0 Å². The Labute approximate surface area is 170 Å². The number of hydrogen-bond donors (Lipinski definition) is 0. The van der Waals surface area contributed by atoms with Crippen LogP contribution in [0.15, 0.2) is 46.9 Å². The Morgan fingerprint density at radius 1 is 1.14 bits per heavy atom. The van der Waals surface area contributed by atoms with Crippen molar-refractivity contribution in [2.75, 3.05) is 13.4 Å². The van der Waals surface area contributed by atoms with E-state index in [0.29, 0.717) is 12.8 Å². The number of Topliss-reactive ketones (excluding diaryl/α,β-unsaturated/α-hetero) is 1. The van der Waals surface area contributed by atoms with Crippen molar-refractivity contribution in [3.63, 3.8) is 0 Å². The molecule has 0 heterocycles. The predicted molar refractivity (Wildman–Crippen MR) is 113 cm³/mol. The topological polar surface area (TPSA) is 60.4 Å². The van der Waals surface area contributed by atoms with E-state index in [1.54, 1.807) is 37.3 Å². The molecule has 4 nitrogen and oxygen atoms in total. The summed E-state index contributed by atoms with van der Waals surface area (Å²) < 4.78 is 42.9. The fraction of sp³-hybridized carbons (Fsp3) is 0.261. The third-order valence-electron chi connectivity index (χ3n) is 5.11. The summed E-state index contributed by atoms with van der Waals surface area (Å²) in [4.78, 5) is 11.8. The van der Waals surface area contributed by atoms with Crippen LogP contribution >= 0.6 is 0 Å². The molecule has 0 aliphatic heterocycles. The summed E-state index contributed by atoms with van der Waals surface area (Å²) in [5, 5.41) is 0. The lowest BCUT2D eigenvalue weighted by Crippen LogP contribution is -1.96. The fourth-order valence-corrected chi connectivity index (χ4v) is 4.17. The fourth-order valence-electron chi connectivity index (χ4n) is 3.54. The Morgan fingerprint density at radius 2 is 1.79 bits per heavy atom. The third-order valence-corrected chi connectivity index (χ3v) is 6.24. The molecule has 0 N–H and O–H groups in total. The van der Waals surface area contributed by atoms with Crippen molar-refractivity contribution in [3.8, 4) is 5.75 Å². The van der Waals surface area contributed by atoms with Crippen molar-refractivity contribution in [2.24, 2.45) is 0 Å². The van der Waals surface area contributed by atoms with Gasteiger partial charge in [-0.15, -0.1) is 0 Å². The van der Waals surface area contributed by atoms with Gasteiger partial charge in [0.2, 0.25) is 0 Å². The lowest BCUT2D eigenvalue weighted by Gasteiger charge is -2.09. The third kappa shape index (κ3) is 4.32. The van der Waals surface area contributed by atoms with Crippen molar-refractivity contribution in [1.82, 2.24) is 0 Å². The van der Waals surface area contributed by atoms with Gasteiger partial charge in [0.1, 0.15) is 5.78 Å². The van der Waals surface area contributed by atoms with Crippen LogP contribution in [0.2, 0.25) is 0 Å². The van der Waals surface area contributed by atoms with Gasteiger partial charge >= 0.3 is 0 Å². The number of rotatable bonds is 6. The molecule has 6 heteroatoms. The molecule has 0 bridgehead atoms. The second-order valence-corrected chi connectivity index (χ2v) is 9.25. The number of fused-ring (bicyclic) bond motifs is 1. The molecule has 0 atom stereocenters. The summed E-state index contributed by atoms with van der Waals surface area (Å²) in [6, 6.07) is 9.70. The van der Waals surface area contributed by atoms with Crippen molar-refractivity contribution >= 4 is 32.8 Å². The van der Waals surface area contributed by atoms with Gasteiger partial charge in [0.05, 0.1) is 12.0 Å². The van der Waals surface area contributed by atoms with Gasteiger partial charge in [-0.25, -0.2) is 12.8 Å². The van der Waals surface area contributed by atoms with E-state index in [-0.39, 0.29) is 16.4 Å². The highest BCUT2D eigenvalue weighted by molar-refractivity contribution is 7.90. The number of carbonyl (C=O) groups excluding carboxylic acids is 1. The molecule has 0 radical (unpaired) electrons. The normalized spacial score (nSPS) is 15.0. The van der Waals surface area contributed by atoms with Crippen LogP contribution in [0.5, 0.6) is 5.75 Å². The quantitative estimate of drug-likeness (QED) is 0.672. The monoisotopic (exact) mass is 414 g/mol. The van der Waals surface area contributed by atoms with Crippen molar-refractivity contribution in [2.45, 2.75) is 31.6 Å². The number of allylic oxidation sites excluding steroid dienone is 3. The second kappa shape index (κ2) is 7.95. The summed E-state index contributed by atoms with van der Waals surface area (Å²) in [6.45, 7) is 3.51. The van der Waals surface area contributed by atoms with Crippen molar-refractivity contribution in [1.29, 1.82) is 0 Å². The number of benzene rings is 2. The smallest absolute Gasteiger partial charge is 0.175 e. The Kier molecular flexibility index (Phi) is 5.75. The summed E-state index contributed by atoms with van der Waals surface area (Å²) in [6.07, 6.45) is 4.04. The highest BCUT2D eigenvalue weighted by atomic mass is 32.2. The first-order valence-electron chi connectivity index (χ1n) is 9.21. The Hall–Kier alpha value is -2.73. The zero-order chi connectivity index (χ0) is 21.3. The standard InChI is InChI=1S/C23H23FO4S/c1-14(25)5-10-18-15(2)19(20-12-22(24)23(28-3)13-21(18)20)11-16-6-8-17(9-7-16)29(4,26)27/h6-9,11-13H,5,10H2,1-4H3. The first kappa shape index (κ1) is 21.0. The van der Waals surface area contributed by atoms with Crippen LogP contribution in [0.3, 0.4) is 0 Å². The molecule has 2 aromatic carbocycles. The second-order valence-electron chi connectivity index (χ2n) is 7.24. The number of sulfone groups is 1. The van der Waals surface area contributed by atoms with Gasteiger partial charge in [-0.05, 0) is 84.0 Å². The molecule has 2 aromatic rings. The molecule has 0 fully saturated rings. The molecule has 0 aromatic heterocycles. The predicted octanol–water partition coefficient (Wildman–Crippen LogP) is 4.93. The maximum Gasteiger partial charge on any atom is 0.175 e. The van der Waals surface area contributed by atoms with Crippen LogP contribution < -0.4 is 4.74 Å². The average molecular weight is 414 g/mol. The molecule has 152 valence electrons. The summed E-state index contributed by atoms with van der Waals surface area (Å²) in [5.74, 6) is -0.199. The molecule has 0 saturated heterocycles. The van der Waals surface area contributed by atoms with Gasteiger partial charge in [0, 0.05) is 12.7 Å². The van der Waals surface area contributed by atoms with Gasteiger partial charge in [-0.3, -0.25) is 0 Å². The van der Waals surface area contributed by atoms with Crippen LogP contribution in [0, 0.1) is 5.82 Å². The average Bonchev–Trinajstić information content (AvgIpc) is 2.89. The largest absolute Gasteiger partial charge is 0.494 e. The first-order chi connectivity index (χ1) is 13.6. The first-order valence-corrected chi connectivity index (χ1v) is 11.1. The van der Waals surface area contributed by atoms with Crippen LogP contribution in [-0.2, 0) is 14.6 Å². The molecular weight excluding hydrogens is 391 g/mol. The van der Waals surface area contributed by atoms with E-state index in [4.69, 9.17) is 4.74 Å². The Bertz CT molecular complexity index is 1140. The van der Waals surface area contributed by atoms with E-state index in [0.717, 1.165) is 39.7 Å². The minimum absolute atomic E-state index is 0.0923. The molecule has 1 aliphatic rings. The van der Waals surface area contributed by atoms with Gasteiger partial charge < -0.3 is 9.53 Å². The summed E-state index contributed by atoms with van der Waals surface area (Å²) in [7, 11) is -1.85. The number of hydrogen-bond acceptors (Lipinski definition) is 4. The van der Waals surface area contributed by atoms with Crippen molar-refractivity contribution in [3.05, 3.63) is 64.5 Å². The zero-order valence-corrected chi connectivity index (χ0v) is 17.7. The lowest BCUT2D eigenvalue weighted by molar-refractivity contribution is -0.116. The van der Waals surface area contributed by atoms with E-state index in [9.17, 15) is 17.6 Å². The molecule has 0 saturated carbocycles. The lowest BCUT2D eigenvalue weighted by atomic mass is 9.99. The van der Waals surface area contributed by atoms with Gasteiger partial charge in [0.15, 0.2) is 21.4 Å².